The van der Waals surface area contributed by atoms with Gasteiger partial charge in [-0.05, 0) is 49.1 Å². The van der Waals surface area contributed by atoms with Gasteiger partial charge in [-0.25, -0.2) is 4.39 Å². The first kappa shape index (κ1) is 18.5. The molecule has 1 heterocycles. The second-order valence-corrected chi connectivity index (χ2v) is 6.92. The van der Waals surface area contributed by atoms with Crippen LogP contribution in [0.1, 0.15) is 52.9 Å². The Kier molecular flexibility index (Phi) is 6.42. The van der Waals surface area contributed by atoms with Crippen LogP contribution in [0.25, 0.3) is 0 Å². The molecule has 0 aromatic heterocycles. The van der Waals surface area contributed by atoms with Crippen LogP contribution in [0, 0.1) is 0 Å². The van der Waals surface area contributed by atoms with Gasteiger partial charge in [0, 0.05) is 19.2 Å². The molecular formula is C22H30FN. The molecule has 0 amide bonds. The lowest BCUT2D eigenvalue weighted by Gasteiger charge is -2.37. The second kappa shape index (κ2) is 8.32. The first-order valence-corrected chi connectivity index (χ1v) is 8.99. The highest BCUT2D eigenvalue weighted by Gasteiger charge is 2.25. The summed E-state index contributed by atoms with van der Waals surface area (Å²) in [5.74, 6) is -0.0736. The second-order valence-electron chi connectivity index (χ2n) is 6.92. The zero-order valence-corrected chi connectivity index (χ0v) is 15.5. The molecule has 24 heavy (non-hydrogen) atoms. The van der Waals surface area contributed by atoms with E-state index in [9.17, 15) is 4.39 Å². The number of nitrogens with zero attached hydrogens (tertiary/aromatic N) is 1. The van der Waals surface area contributed by atoms with Crippen molar-refractivity contribution in [3.05, 3.63) is 70.8 Å². The Balaban J connectivity index is 2.31. The third kappa shape index (κ3) is 4.37. The zero-order chi connectivity index (χ0) is 17.7. The van der Waals surface area contributed by atoms with E-state index in [1.807, 2.05) is 13.0 Å². The van der Waals surface area contributed by atoms with Gasteiger partial charge in [-0.3, -0.25) is 0 Å². The van der Waals surface area contributed by atoms with Crippen molar-refractivity contribution in [1.29, 1.82) is 0 Å². The molecule has 0 fully saturated rings. The molecule has 2 rings (SSSR count). The molecule has 1 unspecified atom stereocenters. The van der Waals surface area contributed by atoms with Crippen LogP contribution in [0.15, 0.2) is 70.8 Å². The minimum absolute atomic E-state index is 0.0736. The summed E-state index contributed by atoms with van der Waals surface area (Å²) >= 11 is 0. The zero-order valence-electron chi connectivity index (χ0n) is 15.5. The Morgan fingerprint density at radius 1 is 1.29 bits per heavy atom. The molecule has 0 saturated heterocycles. The maximum absolute atomic E-state index is 13.7. The lowest BCUT2D eigenvalue weighted by Crippen LogP contribution is -2.35. The third-order valence-electron chi connectivity index (χ3n) is 4.78. The normalized spacial score (nSPS) is 21.3. The van der Waals surface area contributed by atoms with Gasteiger partial charge in [-0.2, -0.15) is 0 Å². The molecule has 1 nitrogen and oxygen atoms in total. The quantitative estimate of drug-likeness (QED) is 0.510. The Labute approximate surface area is 146 Å². The number of likely N-dealkylation sites (N-methyl/N-ethyl adjacent to an activating group) is 1. The Hall–Kier alpha value is -1.83. The van der Waals surface area contributed by atoms with Gasteiger partial charge in [0.15, 0.2) is 0 Å². The first-order valence-electron chi connectivity index (χ1n) is 8.99. The molecule has 0 N–H and O–H groups in total. The molecule has 0 saturated carbocycles. The van der Waals surface area contributed by atoms with Crippen molar-refractivity contribution in [2.24, 2.45) is 0 Å². The van der Waals surface area contributed by atoms with Crippen LogP contribution in [0.4, 0.5) is 4.39 Å². The number of hydrogen-bond donors (Lipinski definition) is 0. The maximum atomic E-state index is 13.7. The smallest absolute Gasteiger partial charge is 0.104 e. The highest BCUT2D eigenvalue weighted by molar-refractivity contribution is 5.50. The van der Waals surface area contributed by atoms with Crippen molar-refractivity contribution in [1.82, 2.24) is 4.90 Å². The van der Waals surface area contributed by atoms with Crippen LogP contribution >= 0.6 is 0 Å². The minimum Gasteiger partial charge on any atom is -0.367 e. The summed E-state index contributed by atoms with van der Waals surface area (Å²) in [6.45, 7) is 10.4. The summed E-state index contributed by atoms with van der Waals surface area (Å²) in [6.07, 6.45) is 15.2. The third-order valence-corrected chi connectivity index (χ3v) is 4.78. The van der Waals surface area contributed by atoms with Crippen molar-refractivity contribution >= 4 is 0 Å². The van der Waals surface area contributed by atoms with Crippen molar-refractivity contribution in [2.45, 2.75) is 58.9 Å². The van der Waals surface area contributed by atoms with Crippen molar-refractivity contribution < 1.29 is 4.39 Å². The summed E-state index contributed by atoms with van der Waals surface area (Å²) in [6, 6.07) is 0.352. The molecule has 0 bridgehead atoms. The molecular weight excluding hydrogens is 297 g/mol. The lowest BCUT2D eigenvalue weighted by atomic mass is 9.90. The van der Waals surface area contributed by atoms with E-state index >= 15 is 0 Å². The lowest BCUT2D eigenvalue weighted by molar-refractivity contribution is 0.319. The SMILES string of the molecule is C=C(C)C1=CC=C(C2=CCC(F)=CC(C)=C2)N(C)C1CCCCC. The number of unbranched alkanes of at least 4 members (excludes halogenated alkanes) is 2. The Morgan fingerprint density at radius 3 is 2.71 bits per heavy atom. The van der Waals surface area contributed by atoms with E-state index in [1.54, 1.807) is 6.08 Å². The number of halogens is 1. The van der Waals surface area contributed by atoms with Crippen LogP contribution in [0.3, 0.4) is 0 Å². The molecule has 0 spiro atoms. The fourth-order valence-corrected chi connectivity index (χ4v) is 3.48. The van der Waals surface area contributed by atoms with Crippen LogP contribution < -0.4 is 0 Å². The molecule has 0 aromatic rings. The topological polar surface area (TPSA) is 3.24 Å². The average molecular weight is 327 g/mol. The summed E-state index contributed by atoms with van der Waals surface area (Å²) in [5, 5.41) is 0. The van der Waals surface area contributed by atoms with E-state index in [0.29, 0.717) is 12.5 Å². The minimum atomic E-state index is -0.0736. The van der Waals surface area contributed by atoms with Gasteiger partial charge in [0.1, 0.15) is 5.83 Å². The highest BCUT2D eigenvalue weighted by Crippen LogP contribution is 2.33. The summed E-state index contributed by atoms with van der Waals surface area (Å²) in [7, 11) is 2.15. The van der Waals surface area contributed by atoms with Crippen molar-refractivity contribution in [3.63, 3.8) is 0 Å². The highest BCUT2D eigenvalue weighted by atomic mass is 19.1. The van der Waals surface area contributed by atoms with E-state index in [0.717, 1.165) is 23.1 Å². The largest absolute Gasteiger partial charge is 0.367 e. The summed E-state index contributed by atoms with van der Waals surface area (Å²) in [4.78, 5) is 2.35. The Morgan fingerprint density at radius 2 is 2.04 bits per heavy atom. The number of rotatable bonds is 6. The van der Waals surface area contributed by atoms with Gasteiger partial charge in [0.05, 0.1) is 6.04 Å². The molecule has 0 radical (unpaired) electrons. The molecule has 1 aliphatic heterocycles. The first-order chi connectivity index (χ1) is 11.4. The molecule has 0 aromatic carbocycles. The van der Waals surface area contributed by atoms with Gasteiger partial charge in [-0.15, -0.1) is 0 Å². The van der Waals surface area contributed by atoms with E-state index in [2.05, 4.69) is 50.6 Å². The number of hydrogen-bond acceptors (Lipinski definition) is 1. The van der Waals surface area contributed by atoms with Crippen molar-refractivity contribution in [2.75, 3.05) is 7.05 Å². The average Bonchev–Trinajstić information content (AvgIpc) is 2.69. The van der Waals surface area contributed by atoms with E-state index in [1.165, 1.54) is 30.5 Å². The predicted molar refractivity (Wildman–Crippen MR) is 102 cm³/mol. The van der Waals surface area contributed by atoms with Crippen molar-refractivity contribution in [3.8, 4) is 0 Å². The van der Waals surface area contributed by atoms with Crippen LogP contribution in [-0.4, -0.2) is 18.0 Å². The van der Waals surface area contributed by atoms with Gasteiger partial charge < -0.3 is 4.90 Å². The Bertz CT molecular complexity index is 643. The fraction of sp³-hybridized carbons (Fsp3) is 0.455. The molecule has 1 aliphatic carbocycles. The monoisotopic (exact) mass is 327 g/mol. The van der Waals surface area contributed by atoms with E-state index in [-0.39, 0.29) is 5.83 Å². The van der Waals surface area contributed by atoms with E-state index < -0.39 is 0 Å². The maximum Gasteiger partial charge on any atom is 0.104 e. The molecule has 2 aliphatic rings. The standard InChI is InChI=1S/C22H30FN/c1-6-7-8-9-22-20(16(2)3)12-13-21(24(22)5)18-10-11-19(23)15-17(4)14-18/h10,12-15,22H,2,6-9,11H2,1,3-5H3. The van der Waals surface area contributed by atoms with Gasteiger partial charge in [0.2, 0.25) is 0 Å². The summed E-state index contributed by atoms with van der Waals surface area (Å²) < 4.78 is 13.7. The van der Waals surface area contributed by atoms with Gasteiger partial charge in [-0.1, -0.05) is 56.6 Å². The van der Waals surface area contributed by atoms with E-state index in [4.69, 9.17) is 0 Å². The molecule has 130 valence electrons. The molecule has 2 heteroatoms. The predicted octanol–water partition coefficient (Wildman–Crippen LogP) is 6.40. The van der Waals surface area contributed by atoms with Gasteiger partial charge >= 0.3 is 0 Å². The van der Waals surface area contributed by atoms with Crippen LogP contribution in [0.2, 0.25) is 0 Å². The van der Waals surface area contributed by atoms with Crippen LogP contribution in [0.5, 0.6) is 0 Å². The van der Waals surface area contributed by atoms with Crippen LogP contribution in [-0.2, 0) is 0 Å². The molecule has 1 atom stereocenters. The summed E-state index contributed by atoms with van der Waals surface area (Å²) in [5.41, 5.74) is 5.69. The van der Waals surface area contributed by atoms with Gasteiger partial charge in [0.25, 0.3) is 0 Å². The number of allylic oxidation sites excluding steroid dienone is 7. The fourth-order valence-electron chi connectivity index (χ4n) is 3.48.